The second kappa shape index (κ2) is 9.58. The highest BCUT2D eigenvalue weighted by molar-refractivity contribution is 9.10. The normalized spacial score (nSPS) is 20.5. The lowest BCUT2D eigenvalue weighted by molar-refractivity contribution is -0.138. The summed E-state index contributed by atoms with van der Waals surface area (Å²) in [6, 6.07) is 4.00. The second-order valence-corrected chi connectivity index (χ2v) is 9.40. The maximum absolute atomic E-state index is 13.0. The summed E-state index contributed by atoms with van der Waals surface area (Å²) in [6.45, 7) is 8.60. The molecule has 0 bridgehead atoms. The van der Waals surface area contributed by atoms with Crippen LogP contribution in [-0.2, 0) is 10.9 Å². The van der Waals surface area contributed by atoms with Crippen molar-refractivity contribution in [2.24, 2.45) is 5.92 Å². The van der Waals surface area contributed by atoms with Gasteiger partial charge in [-0.25, -0.2) is 4.79 Å². The molecule has 0 N–H and O–H groups in total. The summed E-state index contributed by atoms with van der Waals surface area (Å²) in [4.78, 5) is 14.0. The van der Waals surface area contributed by atoms with Gasteiger partial charge in [0.15, 0.2) is 0 Å². The molecule has 1 aliphatic heterocycles. The molecule has 0 radical (unpaired) electrons. The maximum atomic E-state index is 13.0. The highest BCUT2D eigenvalue weighted by Gasteiger charge is 2.33. The third-order valence-corrected chi connectivity index (χ3v) is 5.57. The topological polar surface area (TPSA) is 38.8 Å². The van der Waals surface area contributed by atoms with Gasteiger partial charge in [-0.1, -0.05) is 15.9 Å². The minimum Gasteiger partial charge on any atom is -0.494 e. The number of benzene rings is 1. The molecule has 1 aliphatic rings. The van der Waals surface area contributed by atoms with Crippen LogP contribution >= 0.6 is 15.9 Å². The Morgan fingerprint density at radius 1 is 1.28 bits per heavy atom. The fraction of sp³-hybridized carbons (Fsp3) is 0.667. The zero-order chi connectivity index (χ0) is 21.8. The Morgan fingerprint density at radius 3 is 2.55 bits per heavy atom. The molecule has 2 atom stereocenters. The zero-order valence-corrected chi connectivity index (χ0v) is 18.9. The first kappa shape index (κ1) is 23.8. The Kier molecular flexibility index (Phi) is 7.87. The highest BCUT2D eigenvalue weighted by Crippen LogP contribution is 2.37. The Morgan fingerprint density at radius 2 is 1.97 bits per heavy atom. The van der Waals surface area contributed by atoms with Crippen molar-refractivity contribution in [1.82, 2.24) is 4.90 Å². The van der Waals surface area contributed by atoms with Crippen LogP contribution in [0.15, 0.2) is 22.7 Å². The molecule has 0 unspecified atom stereocenters. The van der Waals surface area contributed by atoms with E-state index in [0.29, 0.717) is 19.1 Å². The van der Waals surface area contributed by atoms with E-state index in [1.807, 2.05) is 27.7 Å². The van der Waals surface area contributed by atoms with Gasteiger partial charge < -0.3 is 14.4 Å². The number of carbonyl (C=O) groups is 1. The lowest BCUT2D eigenvalue weighted by Gasteiger charge is -2.38. The van der Waals surface area contributed by atoms with E-state index in [1.165, 1.54) is 12.1 Å². The summed E-state index contributed by atoms with van der Waals surface area (Å²) < 4.78 is 49.8. The molecule has 0 aromatic heterocycles. The number of alkyl halides is 3. The third kappa shape index (κ3) is 7.39. The third-order valence-electron chi connectivity index (χ3n) is 4.88. The van der Waals surface area contributed by atoms with Crippen LogP contribution in [0.4, 0.5) is 18.0 Å². The minimum atomic E-state index is -4.42. The van der Waals surface area contributed by atoms with Crippen molar-refractivity contribution < 1.29 is 27.4 Å². The molecule has 0 saturated carbocycles. The maximum Gasteiger partial charge on any atom is 0.417 e. The van der Waals surface area contributed by atoms with Gasteiger partial charge >= 0.3 is 12.3 Å². The van der Waals surface area contributed by atoms with E-state index in [2.05, 4.69) is 15.9 Å². The molecular weight excluding hydrogens is 451 g/mol. The smallest absolute Gasteiger partial charge is 0.417 e. The summed E-state index contributed by atoms with van der Waals surface area (Å²) in [5.41, 5.74) is -1.25. The van der Waals surface area contributed by atoms with Crippen LogP contribution in [0.2, 0.25) is 0 Å². The van der Waals surface area contributed by atoms with Crippen molar-refractivity contribution in [2.45, 2.75) is 71.2 Å². The molecule has 8 heteroatoms. The van der Waals surface area contributed by atoms with Crippen LogP contribution in [0.3, 0.4) is 0 Å². The Bertz CT molecular complexity index is 703. The van der Waals surface area contributed by atoms with Crippen molar-refractivity contribution in [3.8, 4) is 5.75 Å². The largest absolute Gasteiger partial charge is 0.494 e. The summed E-state index contributed by atoms with van der Waals surface area (Å²) in [6.07, 6.45) is -1.26. The predicted octanol–water partition coefficient (Wildman–Crippen LogP) is 6.66. The van der Waals surface area contributed by atoms with Crippen LogP contribution in [-0.4, -0.2) is 35.8 Å². The van der Waals surface area contributed by atoms with Crippen LogP contribution in [0.1, 0.15) is 58.9 Å². The first-order valence-electron chi connectivity index (χ1n) is 9.86. The number of hydrogen-bond acceptors (Lipinski definition) is 3. The number of halogens is 4. The number of amides is 1. The molecule has 4 nitrogen and oxygen atoms in total. The van der Waals surface area contributed by atoms with Gasteiger partial charge in [-0.3, -0.25) is 0 Å². The Hall–Kier alpha value is -1.44. The predicted molar refractivity (Wildman–Crippen MR) is 109 cm³/mol. The first-order valence-corrected chi connectivity index (χ1v) is 10.7. The summed E-state index contributed by atoms with van der Waals surface area (Å²) in [5, 5.41) is 0. The number of likely N-dealkylation sites (tertiary alicyclic amines) is 1. The van der Waals surface area contributed by atoms with Gasteiger partial charge in [0.2, 0.25) is 0 Å². The highest BCUT2D eigenvalue weighted by atomic mass is 79.9. The van der Waals surface area contributed by atoms with Crippen molar-refractivity contribution in [1.29, 1.82) is 0 Å². The molecule has 1 amide bonds. The average molecular weight is 480 g/mol. The molecule has 1 aromatic carbocycles. The summed E-state index contributed by atoms with van der Waals surface area (Å²) in [5.74, 6) is 0.677. The lowest BCUT2D eigenvalue weighted by atomic mass is 9.88. The van der Waals surface area contributed by atoms with Gasteiger partial charge in [-0.05, 0) is 77.5 Å². The van der Waals surface area contributed by atoms with Crippen molar-refractivity contribution in [3.63, 3.8) is 0 Å². The van der Waals surface area contributed by atoms with Crippen LogP contribution in [0.5, 0.6) is 5.75 Å². The number of ether oxygens (including phenoxy) is 2. The van der Waals surface area contributed by atoms with Gasteiger partial charge in [0, 0.05) is 17.1 Å². The molecule has 1 aromatic rings. The fourth-order valence-corrected chi connectivity index (χ4v) is 3.97. The molecule has 0 spiro atoms. The van der Waals surface area contributed by atoms with E-state index in [0.717, 1.165) is 31.7 Å². The summed E-state index contributed by atoms with van der Waals surface area (Å²) in [7, 11) is 0. The van der Waals surface area contributed by atoms with E-state index in [4.69, 9.17) is 9.47 Å². The lowest BCUT2D eigenvalue weighted by Crippen LogP contribution is -2.46. The quantitative estimate of drug-likeness (QED) is 0.443. The number of carbonyl (C=O) groups excluding carboxylic acids is 1. The second-order valence-electron chi connectivity index (χ2n) is 8.54. The van der Waals surface area contributed by atoms with Crippen molar-refractivity contribution >= 4 is 22.0 Å². The fourth-order valence-electron chi connectivity index (χ4n) is 3.50. The standard InChI is InChI=1S/C21H29BrF3NO3/c1-14-12-15(9-10-26(14)19(27)29-20(2,3)4)6-5-11-28-16-7-8-18(22)17(13-16)21(23,24)25/h7-8,13-15H,5-6,9-12H2,1-4H3/t14-,15-/m0/s1. The monoisotopic (exact) mass is 479 g/mol. The molecule has 1 fully saturated rings. The van der Waals surface area contributed by atoms with Crippen LogP contribution in [0, 0.1) is 5.92 Å². The molecule has 1 heterocycles. The molecule has 1 saturated heterocycles. The molecule has 29 heavy (non-hydrogen) atoms. The van der Waals surface area contributed by atoms with Gasteiger partial charge in [0.1, 0.15) is 11.4 Å². The molecular formula is C21H29BrF3NO3. The first-order chi connectivity index (χ1) is 13.4. The zero-order valence-electron chi connectivity index (χ0n) is 17.3. The molecule has 2 rings (SSSR count). The van der Waals surface area contributed by atoms with Gasteiger partial charge in [-0.2, -0.15) is 13.2 Å². The number of rotatable bonds is 5. The Labute approximate surface area is 178 Å². The molecule has 0 aliphatic carbocycles. The number of hydrogen-bond donors (Lipinski definition) is 0. The van der Waals surface area contributed by atoms with E-state index in [9.17, 15) is 18.0 Å². The SMILES string of the molecule is C[C@H]1C[C@@H](CCCOc2ccc(Br)c(C(F)(F)F)c2)CCN1C(=O)OC(C)(C)C. The van der Waals surface area contributed by atoms with E-state index >= 15 is 0 Å². The number of nitrogens with zero attached hydrogens (tertiary/aromatic N) is 1. The minimum absolute atomic E-state index is 0.00286. The molecule has 164 valence electrons. The average Bonchev–Trinajstić information content (AvgIpc) is 2.57. The van der Waals surface area contributed by atoms with Crippen molar-refractivity contribution in [3.05, 3.63) is 28.2 Å². The van der Waals surface area contributed by atoms with E-state index in [1.54, 1.807) is 4.90 Å². The van der Waals surface area contributed by atoms with Crippen molar-refractivity contribution in [2.75, 3.05) is 13.2 Å². The van der Waals surface area contributed by atoms with Gasteiger partial charge in [0.05, 0.1) is 12.2 Å². The van der Waals surface area contributed by atoms with Crippen LogP contribution < -0.4 is 4.74 Å². The Balaban J connectivity index is 1.77. The van der Waals surface area contributed by atoms with Crippen LogP contribution in [0.25, 0.3) is 0 Å². The van der Waals surface area contributed by atoms with E-state index in [-0.39, 0.29) is 22.4 Å². The van der Waals surface area contributed by atoms with E-state index < -0.39 is 17.3 Å². The van der Waals surface area contributed by atoms with Gasteiger partial charge in [0.25, 0.3) is 0 Å². The number of piperidine rings is 1. The van der Waals surface area contributed by atoms with Gasteiger partial charge in [-0.15, -0.1) is 0 Å². The summed E-state index contributed by atoms with van der Waals surface area (Å²) >= 11 is 2.92.